The summed E-state index contributed by atoms with van der Waals surface area (Å²) in [7, 11) is 0. The van der Waals surface area contributed by atoms with Gasteiger partial charge in [-0.05, 0) is 221 Å². The zero-order valence-corrected chi connectivity index (χ0v) is 42.4. The van der Waals surface area contributed by atoms with E-state index >= 15 is 0 Å². The Morgan fingerprint density at radius 3 is 1.25 bits per heavy atom. The lowest BCUT2D eigenvalue weighted by Gasteiger charge is -2.50. The van der Waals surface area contributed by atoms with E-state index in [2.05, 4.69) is 154 Å². The lowest BCUT2D eigenvalue weighted by molar-refractivity contribution is 0.0779. The van der Waals surface area contributed by atoms with Gasteiger partial charge in [-0.15, -0.1) is 0 Å². The Morgan fingerprint density at radius 1 is 0.375 bits per heavy atom. The van der Waals surface area contributed by atoms with E-state index in [-0.39, 0.29) is 5.41 Å². The van der Waals surface area contributed by atoms with E-state index in [1.54, 1.807) is 0 Å². The van der Waals surface area contributed by atoms with Crippen LogP contribution < -0.4 is 0 Å². The van der Waals surface area contributed by atoms with E-state index in [0.717, 1.165) is 85.6 Å². The third-order valence-corrected chi connectivity index (χ3v) is 17.3. The van der Waals surface area contributed by atoms with Gasteiger partial charge in [0.2, 0.25) is 0 Å². The number of benzene rings is 6. The summed E-state index contributed by atoms with van der Waals surface area (Å²) >= 11 is 0. The van der Waals surface area contributed by atoms with Crippen molar-refractivity contribution < 1.29 is 0 Å². The molecule has 2 aromatic heterocycles. The molecular formula is C67H65N5. The van der Waals surface area contributed by atoms with Crippen molar-refractivity contribution in [2.24, 2.45) is 35.5 Å². The second kappa shape index (κ2) is 18.9. The number of hydrogen-bond donors (Lipinski definition) is 0. The first-order chi connectivity index (χ1) is 35.1. The van der Waals surface area contributed by atoms with Crippen LogP contribution in [0, 0.1) is 46.8 Å². The molecule has 4 saturated carbocycles. The average molecular weight is 940 g/mol. The zero-order valence-electron chi connectivity index (χ0n) is 42.4. The molecule has 4 aliphatic rings. The number of rotatable bonds is 9. The number of nitrogens with zero attached hydrogens (tertiary/aromatic N) is 5. The summed E-state index contributed by atoms with van der Waals surface area (Å²) < 4.78 is 0. The molecule has 0 spiro atoms. The molecule has 8 atom stereocenters. The van der Waals surface area contributed by atoms with Crippen LogP contribution in [0.25, 0.3) is 78.7 Å². The molecule has 4 fully saturated rings. The third-order valence-electron chi connectivity index (χ3n) is 17.3. The maximum Gasteiger partial charge on any atom is 0.164 e. The molecule has 4 aliphatic carbocycles. The number of nitriles is 1. The molecule has 2 unspecified atom stereocenters. The highest BCUT2D eigenvalue weighted by Gasteiger charge is 2.46. The zero-order chi connectivity index (χ0) is 49.0. The molecule has 2 heterocycles. The lowest BCUT2D eigenvalue weighted by Crippen LogP contribution is -2.42. The summed E-state index contributed by atoms with van der Waals surface area (Å²) in [6, 6.07) is 57.3. The SMILES string of the molecule is C[C@@H]1C[C@@H]2C[C@H](C)CC(c3ccc(-c4cccc(-c5cc(-c6ccc(C#N)cc6)cc(-c6nc(-c7ccc(C89C[C@H](C)C[C@H](C[C@H](C)C8)C9)cc7)nc(-c7cccc(-c8ccncc8)c7)n6)c5)c4)cc3)(C1)C2. The highest BCUT2D eigenvalue weighted by atomic mass is 15.0. The van der Waals surface area contributed by atoms with Crippen LogP contribution in [0.5, 0.6) is 0 Å². The van der Waals surface area contributed by atoms with Crippen LogP contribution in [0.4, 0.5) is 0 Å². The fraction of sp³-hybridized carbons (Fsp3) is 0.328. The molecule has 5 nitrogen and oxygen atoms in total. The Balaban J connectivity index is 0.959. The molecular weight excluding hydrogens is 875 g/mol. The van der Waals surface area contributed by atoms with Crippen LogP contribution >= 0.6 is 0 Å². The second-order valence-electron chi connectivity index (χ2n) is 23.2. The van der Waals surface area contributed by atoms with Crippen molar-refractivity contribution in [3.05, 3.63) is 181 Å². The van der Waals surface area contributed by atoms with Crippen LogP contribution in [0.3, 0.4) is 0 Å². The third kappa shape index (κ3) is 9.11. The van der Waals surface area contributed by atoms with Gasteiger partial charge in [-0.2, -0.15) is 5.26 Å². The number of aromatic nitrogens is 4. The van der Waals surface area contributed by atoms with E-state index in [1.165, 1.54) is 86.5 Å². The Labute approximate surface area is 426 Å². The molecule has 0 radical (unpaired) electrons. The Hall–Kier alpha value is -7.03. The first kappa shape index (κ1) is 46.1. The van der Waals surface area contributed by atoms with Crippen molar-refractivity contribution in [2.45, 2.75) is 103 Å². The fourth-order valence-electron chi connectivity index (χ4n) is 15.0. The topological polar surface area (TPSA) is 75.3 Å². The van der Waals surface area contributed by atoms with Crippen molar-refractivity contribution in [3.63, 3.8) is 0 Å². The first-order valence-corrected chi connectivity index (χ1v) is 26.8. The van der Waals surface area contributed by atoms with Gasteiger partial charge in [-0.3, -0.25) is 4.98 Å². The summed E-state index contributed by atoms with van der Waals surface area (Å²) in [6.45, 7) is 9.86. The van der Waals surface area contributed by atoms with Crippen LogP contribution in [0.1, 0.15) is 109 Å². The average Bonchev–Trinajstić information content (AvgIpc) is 3.40. The van der Waals surface area contributed by atoms with E-state index in [4.69, 9.17) is 15.0 Å². The Bertz CT molecular complexity index is 3260. The van der Waals surface area contributed by atoms with Gasteiger partial charge < -0.3 is 0 Å². The maximum atomic E-state index is 9.73. The summed E-state index contributed by atoms with van der Waals surface area (Å²) in [5.74, 6) is 6.58. The van der Waals surface area contributed by atoms with Gasteiger partial charge in [0.05, 0.1) is 11.6 Å². The summed E-state index contributed by atoms with van der Waals surface area (Å²) in [6.07, 6.45) is 16.9. The van der Waals surface area contributed by atoms with E-state index in [1.807, 2.05) is 48.8 Å². The highest BCUT2D eigenvalue weighted by Crippen LogP contribution is 2.55. The predicted molar refractivity (Wildman–Crippen MR) is 294 cm³/mol. The lowest BCUT2D eigenvalue weighted by atomic mass is 9.54. The maximum absolute atomic E-state index is 9.73. The molecule has 0 aliphatic heterocycles. The van der Waals surface area contributed by atoms with E-state index < -0.39 is 0 Å². The van der Waals surface area contributed by atoms with Crippen molar-refractivity contribution in [2.75, 3.05) is 0 Å². The monoisotopic (exact) mass is 940 g/mol. The Kier molecular flexibility index (Phi) is 12.1. The van der Waals surface area contributed by atoms with E-state index in [9.17, 15) is 5.26 Å². The van der Waals surface area contributed by atoms with Gasteiger partial charge in [0, 0.05) is 29.1 Å². The molecule has 0 amide bonds. The molecule has 0 N–H and O–H groups in total. The largest absolute Gasteiger partial charge is 0.265 e. The quantitative estimate of drug-likeness (QED) is 0.144. The second-order valence-corrected chi connectivity index (χ2v) is 23.2. The molecule has 358 valence electrons. The molecule has 5 heteroatoms. The number of hydrogen-bond acceptors (Lipinski definition) is 5. The molecule has 72 heavy (non-hydrogen) atoms. The molecule has 4 bridgehead atoms. The van der Waals surface area contributed by atoms with Crippen molar-refractivity contribution >= 4 is 0 Å². The van der Waals surface area contributed by atoms with Gasteiger partial charge in [0.1, 0.15) is 0 Å². The fourth-order valence-corrected chi connectivity index (χ4v) is 15.0. The van der Waals surface area contributed by atoms with Crippen LogP contribution in [-0.4, -0.2) is 19.9 Å². The minimum absolute atomic E-state index is 0.232. The standard InChI is InChI=1S/C67H65N5/c1-43-27-48-28-44(2)37-66(36-43,40-48)61-19-15-50(16-20-61)54-7-5-9-56(31-54)59-33-58(51-13-11-47(42-68)12-14-51)34-60(35-59)65-71-63(70-64(72-65)57-10-6-8-55(32-57)52-23-25-69-26-24-52)53-17-21-62(22-18-53)67-38-45(3)29-49(41-67)30-46(4)39-67/h5-26,31-35,43-46,48-49H,27-30,36-41H2,1-4H3/t43-,44+,45-,46+,48-,49-,66?,67?. The minimum atomic E-state index is 0.232. The van der Waals surface area contributed by atoms with Gasteiger partial charge in [-0.25, -0.2) is 15.0 Å². The Morgan fingerprint density at radius 2 is 0.736 bits per heavy atom. The van der Waals surface area contributed by atoms with E-state index in [0.29, 0.717) is 28.5 Å². The van der Waals surface area contributed by atoms with Crippen LogP contribution in [0.15, 0.2) is 164 Å². The van der Waals surface area contributed by atoms with Crippen molar-refractivity contribution in [3.8, 4) is 84.7 Å². The normalized spacial score (nSPS) is 25.6. The van der Waals surface area contributed by atoms with Gasteiger partial charge in [-0.1, -0.05) is 125 Å². The highest BCUT2D eigenvalue weighted by molar-refractivity contribution is 5.83. The summed E-state index contributed by atoms with van der Waals surface area (Å²) in [5.41, 5.74) is 15.7. The predicted octanol–water partition coefficient (Wildman–Crippen LogP) is 17.0. The smallest absolute Gasteiger partial charge is 0.164 e. The van der Waals surface area contributed by atoms with Gasteiger partial charge in [0.15, 0.2) is 17.5 Å². The van der Waals surface area contributed by atoms with Gasteiger partial charge in [0.25, 0.3) is 0 Å². The number of fused-ring (bicyclic) bond motifs is 4. The van der Waals surface area contributed by atoms with Crippen molar-refractivity contribution in [1.82, 2.24) is 19.9 Å². The van der Waals surface area contributed by atoms with Crippen molar-refractivity contribution in [1.29, 1.82) is 5.26 Å². The summed E-state index contributed by atoms with van der Waals surface area (Å²) in [5, 5.41) is 9.73. The number of pyridine rings is 1. The van der Waals surface area contributed by atoms with Gasteiger partial charge >= 0.3 is 0 Å². The first-order valence-electron chi connectivity index (χ1n) is 26.8. The van der Waals surface area contributed by atoms with Crippen LogP contribution in [-0.2, 0) is 10.8 Å². The summed E-state index contributed by atoms with van der Waals surface area (Å²) in [4.78, 5) is 20.3. The van der Waals surface area contributed by atoms with Crippen LogP contribution in [0.2, 0.25) is 0 Å². The minimum Gasteiger partial charge on any atom is -0.265 e. The molecule has 8 aromatic rings. The molecule has 0 saturated heterocycles. The molecule has 12 rings (SSSR count). The molecule has 6 aromatic carbocycles.